The highest BCUT2D eigenvalue weighted by Gasteiger charge is 2.16. The average Bonchev–Trinajstić information content (AvgIpc) is 2.91. The molecular weight excluding hydrogens is 263 g/mol. The van der Waals surface area contributed by atoms with Crippen LogP contribution in [0.1, 0.15) is 36.0 Å². The van der Waals surface area contributed by atoms with Gasteiger partial charge in [-0.2, -0.15) is 0 Å². The van der Waals surface area contributed by atoms with E-state index in [1.54, 1.807) is 0 Å². The Bertz CT molecular complexity index is 513. The Kier molecular flexibility index (Phi) is 4.68. The highest BCUT2D eigenvalue weighted by Crippen LogP contribution is 2.18. The maximum absolute atomic E-state index is 13.6. The van der Waals surface area contributed by atoms with Crippen molar-refractivity contribution < 1.29 is 19.1 Å². The molecule has 0 saturated heterocycles. The molecule has 20 heavy (non-hydrogen) atoms. The largest absolute Gasteiger partial charge is 0.478 e. The number of aromatic carboxylic acids is 1. The van der Waals surface area contributed by atoms with Gasteiger partial charge in [-0.05, 0) is 31.0 Å². The van der Waals surface area contributed by atoms with Gasteiger partial charge in [-0.3, -0.25) is 4.79 Å². The molecule has 6 heteroatoms. The number of carbonyl (C=O) groups is 2. The minimum absolute atomic E-state index is 0.00628. The summed E-state index contributed by atoms with van der Waals surface area (Å²) in [5, 5.41) is 14.3. The predicted octanol–water partition coefficient (Wildman–Crippen LogP) is 1.99. The maximum atomic E-state index is 13.6. The van der Waals surface area contributed by atoms with Crippen molar-refractivity contribution in [2.24, 2.45) is 0 Å². The highest BCUT2D eigenvalue weighted by molar-refractivity contribution is 5.93. The number of carbonyl (C=O) groups excluding carboxylic acids is 1. The molecule has 0 radical (unpaired) electrons. The van der Waals surface area contributed by atoms with E-state index in [1.807, 2.05) is 0 Å². The van der Waals surface area contributed by atoms with E-state index in [-0.39, 0.29) is 23.7 Å². The summed E-state index contributed by atoms with van der Waals surface area (Å²) in [6, 6.07) is 3.76. The fourth-order valence-electron chi connectivity index (χ4n) is 2.31. The summed E-state index contributed by atoms with van der Waals surface area (Å²) in [4.78, 5) is 22.4. The summed E-state index contributed by atoms with van der Waals surface area (Å²) in [5.74, 6) is -2.29. The van der Waals surface area contributed by atoms with Gasteiger partial charge < -0.3 is 15.7 Å². The molecule has 0 spiro atoms. The van der Waals surface area contributed by atoms with Crippen LogP contribution in [0.4, 0.5) is 10.1 Å². The average molecular weight is 280 g/mol. The predicted molar refractivity (Wildman–Crippen MR) is 72.2 cm³/mol. The van der Waals surface area contributed by atoms with Crippen molar-refractivity contribution in [3.8, 4) is 0 Å². The first-order valence-electron chi connectivity index (χ1n) is 6.62. The van der Waals surface area contributed by atoms with Crippen LogP contribution in [-0.2, 0) is 4.79 Å². The molecule has 3 N–H and O–H groups in total. The van der Waals surface area contributed by atoms with Crippen molar-refractivity contribution >= 4 is 17.6 Å². The van der Waals surface area contributed by atoms with Crippen LogP contribution in [0.2, 0.25) is 0 Å². The third-order valence-electron chi connectivity index (χ3n) is 3.40. The van der Waals surface area contributed by atoms with Crippen molar-refractivity contribution in [2.75, 3.05) is 11.9 Å². The molecular formula is C14H17FN2O3. The second kappa shape index (κ2) is 6.47. The maximum Gasteiger partial charge on any atom is 0.335 e. The first-order chi connectivity index (χ1) is 9.56. The van der Waals surface area contributed by atoms with Crippen LogP contribution in [0.15, 0.2) is 18.2 Å². The van der Waals surface area contributed by atoms with Gasteiger partial charge in [0.1, 0.15) is 5.82 Å². The van der Waals surface area contributed by atoms with Gasteiger partial charge in [0.25, 0.3) is 0 Å². The molecule has 0 heterocycles. The van der Waals surface area contributed by atoms with Crippen LogP contribution >= 0.6 is 0 Å². The third-order valence-corrected chi connectivity index (χ3v) is 3.40. The number of nitrogens with one attached hydrogen (secondary N) is 2. The van der Waals surface area contributed by atoms with Crippen molar-refractivity contribution in [3.05, 3.63) is 29.6 Å². The number of amides is 1. The van der Waals surface area contributed by atoms with Gasteiger partial charge in [0.2, 0.25) is 5.91 Å². The van der Waals surface area contributed by atoms with E-state index in [0.29, 0.717) is 6.04 Å². The number of halogens is 1. The zero-order valence-corrected chi connectivity index (χ0v) is 11.0. The Morgan fingerprint density at radius 3 is 2.60 bits per heavy atom. The number of carboxylic acid groups (broad SMARTS) is 1. The number of hydrogen-bond donors (Lipinski definition) is 3. The summed E-state index contributed by atoms with van der Waals surface area (Å²) in [5.41, 5.74) is -0.155. The SMILES string of the molecule is O=C(CNC1CCCC1)Nc1ccc(C(=O)O)cc1F. The lowest BCUT2D eigenvalue weighted by atomic mass is 10.2. The fourth-order valence-corrected chi connectivity index (χ4v) is 2.31. The van der Waals surface area contributed by atoms with E-state index in [0.717, 1.165) is 18.9 Å². The number of benzene rings is 1. The lowest BCUT2D eigenvalue weighted by molar-refractivity contribution is -0.115. The second-order valence-electron chi connectivity index (χ2n) is 4.91. The van der Waals surface area contributed by atoms with Crippen molar-refractivity contribution in [1.82, 2.24) is 5.32 Å². The van der Waals surface area contributed by atoms with Gasteiger partial charge in [-0.15, -0.1) is 0 Å². The smallest absolute Gasteiger partial charge is 0.335 e. The van der Waals surface area contributed by atoms with Crippen LogP contribution in [0.25, 0.3) is 0 Å². The number of carboxylic acids is 1. The highest BCUT2D eigenvalue weighted by atomic mass is 19.1. The van der Waals surface area contributed by atoms with Gasteiger partial charge in [0.05, 0.1) is 17.8 Å². The first kappa shape index (κ1) is 14.5. The topological polar surface area (TPSA) is 78.4 Å². The summed E-state index contributed by atoms with van der Waals surface area (Å²) in [6.07, 6.45) is 4.47. The Labute approximate surface area is 116 Å². The third kappa shape index (κ3) is 3.77. The summed E-state index contributed by atoms with van der Waals surface area (Å²) >= 11 is 0. The van der Waals surface area contributed by atoms with Crippen LogP contribution in [0.3, 0.4) is 0 Å². The van der Waals surface area contributed by atoms with Crippen LogP contribution in [-0.4, -0.2) is 29.6 Å². The van der Waals surface area contributed by atoms with E-state index in [2.05, 4.69) is 10.6 Å². The lowest BCUT2D eigenvalue weighted by Crippen LogP contribution is -2.34. The lowest BCUT2D eigenvalue weighted by Gasteiger charge is -2.12. The zero-order valence-electron chi connectivity index (χ0n) is 11.0. The first-order valence-corrected chi connectivity index (χ1v) is 6.62. The second-order valence-corrected chi connectivity index (χ2v) is 4.91. The number of rotatable bonds is 5. The molecule has 1 aromatic rings. The van der Waals surface area contributed by atoms with E-state index < -0.39 is 11.8 Å². The van der Waals surface area contributed by atoms with Crippen molar-refractivity contribution in [1.29, 1.82) is 0 Å². The molecule has 1 aliphatic carbocycles. The molecule has 2 rings (SSSR count). The number of hydrogen-bond acceptors (Lipinski definition) is 3. The molecule has 1 aliphatic rings. The molecule has 1 amide bonds. The van der Waals surface area contributed by atoms with E-state index in [1.165, 1.54) is 25.0 Å². The van der Waals surface area contributed by atoms with Crippen LogP contribution in [0, 0.1) is 5.82 Å². The molecule has 5 nitrogen and oxygen atoms in total. The van der Waals surface area contributed by atoms with Gasteiger partial charge in [0, 0.05) is 6.04 Å². The monoisotopic (exact) mass is 280 g/mol. The number of anilines is 1. The Morgan fingerprint density at radius 2 is 2.00 bits per heavy atom. The van der Waals surface area contributed by atoms with Crippen molar-refractivity contribution in [2.45, 2.75) is 31.7 Å². The Balaban J connectivity index is 1.88. The molecule has 1 saturated carbocycles. The molecule has 0 bridgehead atoms. The quantitative estimate of drug-likeness (QED) is 0.770. The van der Waals surface area contributed by atoms with E-state index in [9.17, 15) is 14.0 Å². The van der Waals surface area contributed by atoms with Gasteiger partial charge in [-0.25, -0.2) is 9.18 Å². The van der Waals surface area contributed by atoms with Gasteiger partial charge >= 0.3 is 5.97 Å². The van der Waals surface area contributed by atoms with E-state index in [4.69, 9.17) is 5.11 Å². The molecule has 0 unspecified atom stereocenters. The van der Waals surface area contributed by atoms with Crippen LogP contribution in [0.5, 0.6) is 0 Å². The zero-order chi connectivity index (χ0) is 14.5. The normalized spacial score (nSPS) is 15.2. The molecule has 0 aliphatic heterocycles. The minimum Gasteiger partial charge on any atom is -0.478 e. The summed E-state index contributed by atoms with van der Waals surface area (Å²) in [7, 11) is 0. The van der Waals surface area contributed by atoms with Gasteiger partial charge in [-0.1, -0.05) is 12.8 Å². The van der Waals surface area contributed by atoms with E-state index >= 15 is 0 Å². The molecule has 108 valence electrons. The van der Waals surface area contributed by atoms with Crippen LogP contribution < -0.4 is 10.6 Å². The van der Waals surface area contributed by atoms with Gasteiger partial charge in [0.15, 0.2) is 0 Å². The minimum atomic E-state index is -1.20. The molecule has 0 aromatic heterocycles. The Morgan fingerprint density at radius 1 is 1.30 bits per heavy atom. The molecule has 0 atom stereocenters. The van der Waals surface area contributed by atoms with Crippen molar-refractivity contribution in [3.63, 3.8) is 0 Å². The molecule has 1 aromatic carbocycles. The molecule has 1 fully saturated rings. The summed E-state index contributed by atoms with van der Waals surface area (Å²) in [6.45, 7) is 0.130. The fraction of sp³-hybridized carbons (Fsp3) is 0.429. The Hall–Kier alpha value is -1.95. The summed E-state index contributed by atoms with van der Waals surface area (Å²) < 4.78 is 13.6. The standard InChI is InChI=1S/C14H17FN2O3/c15-11-7-9(14(19)20)5-6-12(11)17-13(18)8-16-10-3-1-2-4-10/h5-7,10,16H,1-4,8H2,(H,17,18)(H,19,20).